The number of aromatic amines is 1. The van der Waals surface area contributed by atoms with Gasteiger partial charge in [0.1, 0.15) is 0 Å². The first kappa shape index (κ1) is 11.7. The Kier molecular flexibility index (Phi) is 3.82. The van der Waals surface area contributed by atoms with E-state index in [1.54, 1.807) is 7.05 Å². The molecule has 1 N–H and O–H groups in total. The standard InChI is InChI=1S/C12H13N3OS/c1-15-11(16)13-14-12(15)17-9-5-8-10-6-3-2-4-7-10/h2-8H,9H2,1H3,(H,13,16)/b8-5-. The van der Waals surface area contributed by atoms with E-state index >= 15 is 0 Å². The minimum atomic E-state index is -0.181. The molecule has 1 aromatic heterocycles. The predicted octanol–water partition coefficient (Wildman–Crippen LogP) is 1.91. The monoisotopic (exact) mass is 247 g/mol. The van der Waals surface area contributed by atoms with Crippen molar-refractivity contribution in [2.45, 2.75) is 5.16 Å². The molecule has 0 radical (unpaired) electrons. The highest BCUT2D eigenvalue weighted by Gasteiger charge is 2.02. The third-order valence-corrected chi connectivity index (χ3v) is 3.24. The van der Waals surface area contributed by atoms with Gasteiger partial charge in [0.25, 0.3) is 0 Å². The SMILES string of the molecule is Cn1c(SC/C=C\c2ccccc2)n[nH]c1=O. The molecular weight excluding hydrogens is 234 g/mol. The van der Waals surface area contributed by atoms with Gasteiger partial charge in [-0.2, -0.15) is 0 Å². The highest BCUT2D eigenvalue weighted by Crippen LogP contribution is 2.12. The lowest BCUT2D eigenvalue weighted by atomic mass is 10.2. The van der Waals surface area contributed by atoms with E-state index in [0.717, 1.165) is 5.75 Å². The van der Waals surface area contributed by atoms with Crippen LogP contribution in [-0.4, -0.2) is 20.5 Å². The lowest BCUT2D eigenvalue weighted by Gasteiger charge is -1.95. The summed E-state index contributed by atoms with van der Waals surface area (Å²) in [6.07, 6.45) is 4.11. The highest BCUT2D eigenvalue weighted by molar-refractivity contribution is 7.99. The van der Waals surface area contributed by atoms with Crippen molar-refractivity contribution in [2.24, 2.45) is 7.05 Å². The van der Waals surface area contributed by atoms with Crippen LogP contribution < -0.4 is 5.69 Å². The number of nitrogens with one attached hydrogen (secondary N) is 1. The fourth-order valence-electron chi connectivity index (χ4n) is 1.33. The second kappa shape index (κ2) is 5.54. The van der Waals surface area contributed by atoms with Gasteiger partial charge in [0.15, 0.2) is 5.16 Å². The zero-order valence-electron chi connectivity index (χ0n) is 9.46. The minimum Gasteiger partial charge on any atom is -0.273 e. The molecule has 2 rings (SSSR count). The van der Waals surface area contributed by atoms with Crippen molar-refractivity contribution in [1.82, 2.24) is 14.8 Å². The van der Waals surface area contributed by atoms with Gasteiger partial charge >= 0.3 is 5.69 Å². The quantitative estimate of drug-likeness (QED) is 0.840. The lowest BCUT2D eigenvalue weighted by Crippen LogP contribution is -2.12. The van der Waals surface area contributed by atoms with Gasteiger partial charge in [-0.25, -0.2) is 9.89 Å². The number of H-pyrrole nitrogens is 1. The zero-order valence-corrected chi connectivity index (χ0v) is 10.3. The van der Waals surface area contributed by atoms with Crippen LogP contribution in [0.25, 0.3) is 6.08 Å². The number of benzene rings is 1. The molecule has 0 spiro atoms. The van der Waals surface area contributed by atoms with Gasteiger partial charge in [0.05, 0.1) is 0 Å². The van der Waals surface area contributed by atoms with Gasteiger partial charge in [0.2, 0.25) is 0 Å². The van der Waals surface area contributed by atoms with Crippen LogP contribution in [0.5, 0.6) is 0 Å². The Hall–Kier alpha value is -1.75. The molecule has 0 atom stereocenters. The van der Waals surface area contributed by atoms with E-state index in [4.69, 9.17) is 0 Å². The van der Waals surface area contributed by atoms with Crippen LogP contribution in [-0.2, 0) is 7.05 Å². The van der Waals surface area contributed by atoms with Crippen molar-refractivity contribution in [3.05, 3.63) is 52.5 Å². The Morgan fingerprint density at radius 2 is 2.18 bits per heavy atom. The fraction of sp³-hybridized carbons (Fsp3) is 0.167. The molecule has 0 saturated carbocycles. The molecule has 0 aliphatic heterocycles. The highest BCUT2D eigenvalue weighted by atomic mass is 32.2. The smallest absolute Gasteiger partial charge is 0.273 e. The summed E-state index contributed by atoms with van der Waals surface area (Å²) in [5.41, 5.74) is 0.989. The van der Waals surface area contributed by atoms with Crippen LogP contribution in [0.2, 0.25) is 0 Å². The van der Waals surface area contributed by atoms with Gasteiger partial charge in [-0.3, -0.25) is 4.57 Å². The van der Waals surface area contributed by atoms with Crippen LogP contribution in [0.15, 0.2) is 46.4 Å². The van der Waals surface area contributed by atoms with E-state index in [0.29, 0.717) is 5.16 Å². The average Bonchev–Trinajstić information content (AvgIpc) is 2.67. The van der Waals surface area contributed by atoms with Crippen LogP contribution in [0.1, 0.15) is 5.56 Å². The third kappa shape index (κ3) is 3.10. The molecule has 1 aromatic carbocycles. The van der Waals surface area contributed by atoms with Crippen LogP contribution in [0.4, 0.5) is 0 Å². The molecule has 0 bridgehead atoms. The van der Waals surface area contributed by atoms with Crippen molar-refractivity contribution in [3.63, 3.8) is 0 Å². The van der Waals surface area contributed by atoms with E-state index in [1.165, 1.54) is 21.9 Å². The molecule has 0 aliphatic carbocycles. The van der Waals surface area contributed by atoms with E-state index in [1.807, 2.05) is 30.3 Å². The molecule has 2 aromatic rings. The molecule has 88 valence electrons. The summed E-state index contributed by atoms with van der Waals surface area (Å²) in [5, 5.41) is 7.02. The van der Waals surface area contributed by atoms with Crippen LogP contribution in [0, 0.1) is 0 Å². The largest absolute Gasteiger partial charge is 0.343 e. The summed E-state index contributed by atoms with van der Waals surface area (Å²) in [7, 11) is 1.70. The molecule has 1 heterocycles. The second-order valence-corrected chi connectivity index (χ2v) is 4.48. The van der Waals surface area contributed by atoms with Crippen LogP contribution in [0.3, 0.4) is 0 Å². The molecule has 17 heavy (non-hydrogen) atoms. The molecule has 0 fully saturated rings. The zero-order chi connectivity index (χ0) is 12.1. The van der Waals surface area contributed by atoms with Crippen molar-refractivity contribution < 1.29 is 0 Å². The van der Waals surface area contributed by atoms with Gasteiger partial charge < -0.3 is 0 Å². The first-order chi connectivity index (χ1) is 8.27. The number of nitrogens with zero attached hydrogens (tertiary/aromatic N) is 2. The van der Waals surface area contributed by atoms with Crippen molar-refractivity contribution >= 4 is 17.8 Å². The maximum absolute atomic E-state index is 11.1. The molecule has 4 nitrogen and oxygen atoms in total. The predicted molar refractivity (Wildman–Crippen MR) is 70.0 cm³/mol. The number of thioether (sulfide) groups is 1. The normalized spacial score (nSPS) is 11.1. The Balaban J connectivity index is 1.90. The molecular formula is C12H13N3OS. The maximum Gasteiger partial charge on any atom is 0.343 e. The third-order valence-electron chi connectivity index (χ3n) is 2.26. The molecule has 0 unspecified atom stereocenters. The van der Waals surface area contributed by atoms with E-state index < -0.39 is 0 Å². The summed E-state index contributed by atoms with van der Waals surface area (Å²) in [6, 6.07) is 10.1. The maximum atomic E-state index is 11.1. The number of rotatable bonds is 4. The first-order valence-electron chi connectivity index (χ1n) is 5.23. The Bertz CT molecular complexity index is 557. The van der Waals surface area contributed by atoms with Crippen molar-refractivity contribution in [1.29, 1.82) is 0 Å². The van der Waals surface area contributed by atoms with Gasteiger partial charge in [-0.1, -0.05) is 54.2 Å². The van der Waals surface area contributed by atoms with Crippen molar-refractivity contribution in [2.75, 3.05) is 5.75 Å². The molecule has 0 amide bonds. The van der Waals surface area contributed by atoms with Gasteiger partial charge in [-0.15, -0.1) is 5.10 Å². The summed E-state index contributed by atoms with van der Waals surface area (Å²) in [4.78, 5) is 11.1. The Morgan fingerprint density at radius 1 is 1.41 bits per heavy atom. The molecule has 0 aliphatic rings. The van der Waals surface area contributed by atoms with Gasteiger partial charge in [0, 0.05) is 12.8 Å². The Labute approximate surface area is 103 Å². The average molecular weight is 247 g/mol. The second-order valence-electron chi connectivity index (χ2n) is 3.49. The van der Waals surface area contributed by atoms with E-state index in [9.17, 15) is 4.79 Å². The lowest BCUT2D eigenvalue weighted by molar-refractivity contribution is 0.766. The Morgan fingerprint density at radius 3 is 2.82 bits per heavy atom. The topological polar surface area (TPSA) is 50.7 Å². The molecule has 5 heteroatoms. The minimum absolute atomic E-state index is 0.181. The fourth-order valence-corrected chi connectivity index (χ4v) is 2.06. The summed E-state index contributed by atoms with van der Waals surface area (Å²) in [5.74, 6) is 0.785. The number of aromatic nitrogens is 3. The first-order valence-corrected chi connectivity index (χ1v) is 6.22. The van der Waals surface area contributed by atoms with Gasteiger partial charge in [-0.05, 0) is 5.56 Å². The van der Waals surface area contributed by atoms with Crippen LogP contribution >= 0.6 is 11.8 Å². The van der Waals surface area contributed by atoms with E-state index in [-0.39, 0.29) is 5.69 Å². The number of hydrogen-bond donors (Lipinski definition) is 1. The molecule has 0 saturated heterocycles. The van der Waals surface area contributed by atoms with Crippen molar-refractivity contribution in [3.8, 4) is 0 Å². The summed E-state index contributed by atoms with van der Waals surface area (Å²) in [6.45, 7) is 0. The summed E-state index contributed by atoms with van der Waals surface area (Å²) >= 11 is 1.52. The summed E-state index contributed by atoms with van der Waals surface area (Å²) < 4.78 is 1.50. The van der Waals surface area contributed by atoms with E-state index in [2.05, 4.69) is 22.3 Å². The number of hydrogen-bond acceptors (Lipinski definition) is 3.